The van der Waals surface area contributed by atoms with E-state index in [0.29, 0.717) is 5.75 Å². The molecule has 0 radical (unpaired) electrons. The summed E-state index contributed by atoms with van der Waals surface area (Å²) < 4.78 is 0. The Morgan fingerprint density at radius 1 is 1.21 bits per heavy atom. The first-order valence-electron chi connectivity index (χ1n) is 4.97. The lowest BCUT2D eigenvalue weighted by Gasteiger charge is -2.35. The summed E-state index contributed by atoms with van der Waals surface area (Å²) in [6, 6.07) is 7.50. The normalized spacial score (nSPS) is 18.5. The molecule has 1 aliphatic rings. The van der Waals surface area contributed by atoms with Crippen molar-refractivity contribution in [3.05, 3.63) is 31.3 Å². The van der Waals surface area contributed by atoms with Crippen molar-refractivity contribution in [2.24, 2.45) is 0 Å². The van der Waals surface area contributed by atoms with Crippen LogP contribution >= 0.6 is 0 Å². The number of hydrogen-bond acceptors (Lipinski definition) is 2. The van der Waals surface area contributed by atoms with Gasteiger partial charge in [0.15, 0.2) is 0 Å². The summed E-state index contributed by atoms with van der Waals surface area (Å²) in [5.41, 5.74) is 0.944. The van der Waals surface area contributed by atoms with E-state index < -0.39 is 0 Å². The third kappa shape index (κ3) is 1.82. The fourth-order valence-electron chi connectivity index (χ4n) is 1.80. The molecule has 0 saturated carbocycles. The summed E-state index contributed by atoms with van der Waals surface area (Å²) in [6.07, 6.45) is 0. The van der Waals surface area contributed by atoms with E-state index in [1.54, 1.807) is 6.07 Å². The minimum Gasteiger partial charge on any atom is -0.506 e. The predicted octanol–water partition coefficient (Wildman–Crippen LogP) is -0.111. The SMILES string of the molecule is [CH2-][NH+]1CCN(c2ccccc2O)CC1. The van der Waals surface area contributed by atoms with Crippen LogP contribution in [0, 0.1) is 7.05 Å². The van der Waals surface area contributed by atoms with Gasteiger partial charge in [0.2, 0.25) is 0 Å². The number of nitrogens with one attached hydrogen (secondary N) is 1. The van der Waals surface area contributed by atoms with Crippen LogP contribution in [0.25, 0.3) is 0 Å². The summed E-state index contributed by atoms with van der Waals surface area (Å²) >= 11 is 0. The van der Waals surface area contributed by atoms with E-state index in [-0.39, 0.29) is 0 Å². The molecular weight excluding hydrogens is 176 g/mol. The summed E-state index contributed by atoms with van der Waals surface area (Å²) in [4.78, 5) is 3.53. The minimum absolute atomic E-state index is 0.375. The van der Waals surface area contributed by atoms with Crippen molar-refractivity contribution < 1.29 is 10.0 Å². The zero-order valence-corrected chi connectivity index (χ0v) is 8.24. The van der Waals surface area contributed by atoms with Gasteiger partial charge in [0.1, 0.15) is 5.75 Å². The molecule has 0 amide bonds. The number of quaternary nitrogens is 1. The maximum Gasteiger partial charge on any atom is 0.138 e. The highest BCUT2D eigenvalue weighted by atomic mass is 16.3. The largest absolute Gasteiger partial charge is 0.506 e. The van der Waals surface area contributed by atoms with Crippen LogP contribution in [0.2, 0.25) is 0 Å². The quantitative estimate of drug-likeness (QED) is 0.608. The lowest BCUT2D eigenvalue weighted by molar-refractivity contribution is -0.854. The molecule has 0 aliphatic carbocycles. The molecule has 2 rings (SSSR count). The van der Waals surface area contributed by atoms with Gasteiger partial charge in [-0.2, -0.15) is 7.05 Å². The van der Waals surface area contributed by atoms with Gasteiger partial charge in [-0.15, -0.1) is 0 Å². The Balaban J connectivity index is 2.12. The molecule has 76 valence electrons. The van der Waals surface area contributed by atoms with Gasteiger partial charge in [-0.25, -0.2) is 0 Å². The number of benzene rings is 1. The first-order valence-corrected chi connectivity index (χ1v) is 4.97. The number of hydrogen-bond donors (Lipinski definition) is 2. The first-order chi connectivity index (χ1) is 6.77. The molecule has 0 spiro atoms. The summed E-state index contributed by atoms with van der Waals surface area (Å²) in [6.45, 7) is 4.01. The molecule has 0 bridgehead atoms. The third-order valence-corrected chi connectivity index (χ3v) is 2.69. The standard InChI is InChI=1S/C11H16N2O/c1-12-6-8-13(9-7-12)10-4-2-3-5-11(10)14/h2-5,12,14H,1,6-9H2. The van der Waals surface area contributed by atoms with Crippen LogP contribution in [-0.4, -0.2) is 31.3 Å². The average Bonchev–Trinajstić information content (AvgIpc) is 2.20. The van der Waals surface area contributed by atoms with Crippen molar-refractivity contribution >= 4 is 5.69 Å². The van der Waals surface area contributed by atoms with Gasteiger partial charge in [0, 0.05) is 0 Å². The van der Waals surface area contributed by atoms with E-state index in [4.69, 9.17) is 0 Å². The lowest BCUT2D eigenvalue weighted by atomic mass is 10.2. The molecule has 1 saturated heterocycles. The van der Waals surface area contributed by atoms with E-state index in [1.165, 1.54) is 4.90 Å². The Morgan fingerprint density at radius 3 is 2.50 bits per heavy atom. The second-order valence-corrected chi connectivity index (χ2v) is 3.73. The van der Waals surface area contributed by atoms with Crippen molar-refractivity contribution in [2.45, 2.75) is 0 Å². The summed E-state index contributed by atoms with van der Waals surface area (Å²) in [7, 11) is 3.98. The highest BCUT2D eigenvalue weighted by Crippen LogP contribution is 2.25. The highest BCUT2D eigenvalue weighted by molar-refractivity contribution is 5.57. The second kappa shape index (κ2) is 3.88. The van der Waals surface area contributed by atoms with Crippen molar-refractivity contribution in [2.75, 3.05) is 31.1 Å². The number of rotatable bonds is 1. The highest BCUT2D eigenvalue weighted by Gasteiger charge is 2.16. The second-order valence-electron chi connectivity index (χ2n) is 3.73. The Bertz CT molecular complexity index is 306. The van der Waals surface area contributed by atoms with Gasteiger partial charge in [0.05, 0.1) is 31.9 Å². The lowest BCUT2D eigenvalue weighted by Crippen LogP contribution is -3.10. The van der Waals surface area contributed by atoms with Gasteiger partial charge in [-0.05, 0) is 12.1 Å². The van der Waals surface area contributed by atoms with Gasteiger partial charge in [-0.1, -0.05) is 12.1 Å². The maximum absolute atomic E-state index is 9.66. The molecule has 0 unspecified atom stereocenters. The number of aromatic hydroxyl groups is 1. The smallest absolute Gasteiger partial charge is 0.138 e. The number of para-hydroxylation sites is 2. The van der Waals surface area contributed by atoms with E-state index in [1.807, 2.05) is 18.2 Å². The van der Waals surface area contributed by atoms with Gasteiger partial charge in [-0.3, -0.25) is 0 Å². The molecule has 1 aromatic rings. The fourth-order valence-corrected chi connectivity index (χ4v) is 1.80. The van der Waals surface area contributed by atoms with Gasteiger partial charge < -0.3 is 14.9 Å². The van der Waals surface area contributed by atoms with Gasteiger partial charge >= 0.3 is 0 Å². The molecule has 0 atom stereocenters. The summed E-state index contributed by atoms with van der Waals surface area (Å²) in [5.74, 6) is 0.375. The molecule has 3 nitrogen and oxygen atoms in total. The fraction of sp³-hybridized carbons (Fsp3) is 0.364. The summed E-state index contributed by atoms with van der Waals surface area (Å²) in [5, 5.41) is 9.66. The number of phenols is 1. The minimum atomic E-state index is 0.375. The maximum atomic E-state index is 9.66. The van der Waals surface area contributed by atoms with Crippen molar-refractivity contribution in [1.29, 1.82) is 0 Å². The van der Waals surface area contributed by atoms with E-state index in [0.717, 1.165) is 31.9 Å². The molecule has 1 aromatic carbocycles. The molecule has 3 heteroatoms. The Hall–Kier alpha value is -1.22. The van der Waals surface area contributed by atoms with Crippen LogP contribution in [0.1, 0.15) is 0 Å². The Morgan fingerprint density at radius 2 is 1.86 bits per heavy atom. The molecule has 14 heavy (non-hydrogen) atoms. The van der Waals surface area contributed by atoms with Crippen LogP contribution in [0.5, 0.6) is 5.75 Å². The number of nitrogens with zero attached hydrogens (tertiary/aromatic N) is 1. The zero-order valence-electron chi connectivity index (χ0n) is 8.24. The molecule has 1 aliphatic heterocycles. The molecule has 1 heterocycles. The first kappa shape index (κ1) is 9.34. The van der Waals surface area contributed by atoms with E-state index in [9.17, 15) is 5.11 Å². The number of phenolic OH excluding ortho intramolecular Hbond substituents is 1. The predicted molar refractivity (Wildman–Crippen MR) is 56.4 cm³/mol. The molecule has 0 aromatic heterocycles. The monoisotopic (exact) mass is 192 g/mol. The molecular formula is C11H16N2O. The Labute approximate surface area is 84.6 Å². The zero-order chi connectivity index (χ0) is 9.97. The van der Waals surface area contributed by atoms with Crippen LogP contribution in [0.15, 0.2) is 24.3 Å². The molecule has 2 N–H and O–H groups in total. The van der Waals surface area contributed by atoms with Crippen molar-refractivity contribution in [1.82, 2.24) is 0 Å². The van der Waals surface area contributed by atoms with Gasteiger partial charge in [0.25, 0.3) is 0 Å². The molecule has 1 fully saturated rings. The topological polar surface area (TPSA) is 27.9 Å². The van der Waals surface area contributed by atoms with Crippen molar-refractivity contribution in [3.63, 3.8) is 0 Å². The number of anilines is 1. The third-order valence-electron chi connectivity index (χ3n) is 2.69. The number of piperazine rings is 1. The van der Waals surface area contributed by atoms with E-state index >= 15 is 0 Å². The van der Waals surface area contributed by atoms with E-state index in [2.05, 4.69) is 11.9 Å². The van der Waals surface area contributed by atoms with Crippen LogP contribution in [-0.2, 0) is 0 Å². The average molecular weight is 192 g/mol. The van der Waals surface area contributed by atoms with Crippen LogP contribution < -0.4 is 9.80 Å². The van der Waals surface area contributed by atoms with Crippen LogP contribution in [0.3, 0.4) is 0 Å². The van der Waals surface area contributed by atoms with Crippen molar-refractivity contribution in [3.8, 4) is 5.75 Å². The van der Waals surface area contributed by atoms with Crippen LogP contribution in [0.4, 0.5) is 5.69 Å². The Kier molecular flexibility index (Phi) is 2.59.